The third kappa shape index (κ3) is 3.16. The first-order valence-electron chi connectivity index (χ1n) is 7.14. The Balaban J connectivity index is 1.93. The van der Waals surface area contributed by atoms with Gasteiger partial charge in [-0.2, -0.15) is 13.2 Å². The van der Waals surface area contributed by atoms with Gasteiger partial charge in [0.1, 0.15) is 0 Å². The van der Waals surface area contributed by atoms with Crippen LogP contribution in [-0.4, -0.2) is 11.2 Å². The number of nitrogens with one attached hydrogen (secondary N) is 1. The minimum atomic E-state index is -4.37. The molecule has 2 aromatic rings. The minimum Gasteiger partial charge on any atom is -0.465 e. The van der Waals surface area contributed by atoms with Crippen molar-refractivity contribution >= 4 is 6.09 Å². The number of benzene rings is 2. The molecule has 0 spiro atoms. The topological polar surface area (TPSA) is 49.3 Å². The zero-order valence-electron chi connectivity index (χ0n) is 12.0. The van der Waals surface area contributed by atoms with E-state index in [-0.39, 0.29) is 6.04 Å². The van der Waals surface area contributed by atoms with Crippen LogP contribution in [0.1, 0.15) is 29.2 Å². The van der Waals surface area contributed by atoms with Gasteiger partial charge in [0, 0.05) is 0 Å². The molecule has 0 radical (unpaired) electrons. The summed E-state index contributed by atoms with van der Waals surface area (Å²) in [7, 11) is 0. The van der Waals surface area contributed by atoms with Crippen LogP contribution in [0, 0.1) is 0 Å². The van der Waals surface area contributed by atoms with Crippen LogP contribution in [-0.2, 0) is 12.6 Å². The van der Waals surface area contributed by atoms with Crippen LogP contribution in [0.2, 0.25) is 0 Å². The molecule has 0 fully saturated rings. The number of halogens is 3. The second-order valence-electron chi connectivity index (χ2n) is 5.53. The van der Waals surface area contributed by atoms with E-state index in [1.807, 2.05) is 6.07 Å². The molecule has 120 valence electrons. The van der Waals surface area contributed by atoms with Gasteiger partial charge in [-0.15, -0.1) is 0 Å². The van der Waals surface area contributed by atoms with E-state index in [2.05, 4.69) is 5.32 Å². The molecule has 1 unspecified atom stereocenters. The summed E-state index contributed by atoms with van der Waals surface area (Å²) in [6.07, 6.45) is -4.09. The molecular formula is C17H14F3NO2. The summed E-state index contributed by atoms with van der Waals surface area (Å²) in [5.41, 5.74) is 2.38. The first kappa shape index (κ1) is 15.4. The highest BCUT2D eigenvalue weighted by Gasteiger charge is 2.30. The first-order valence-corrected chi connectivity index (χ1v) is 7.14. The number of hydrogen-bond donors (Lipinski definition) is 2. The Hall–Kier alpha value is -2.50. The van der Waals surface area contributed by atoms with E-state index in [4.69, 9.17) is 5.11 Å². The van der Waals surface area contributed by atoms with Gasteiger partial charge in [0.05, 0.1) is 11.6 Å². The van der Waals surface area contributed by atoms with Crippen molar-refractivity contribution in [3.8, 4) is 11.1 Å². The molecule has 3 nitrogen and oxygen atoms in total. The van der Waals surface area contributed by atoms with E-state index >= 15 is 0 Å². The average Bonchev–Trinajstić information content (AvgIpc) is 2.88. The molecule has 1 atom stereocenters. The molecule has 3 rings (SSSR count). The summed E-state index contributed by atoms with van der Waals surface area (Å²) in [6, 6.07) is 10.3. The van der Waals surface area contributed by atoms with Crippen LogP contribution in [0.5, 0.6) is 0 Å². The fourth-order valence-corrected chi connectivity index (χ4v) is 2.97. The zero-order valence-corrected chi connectivity index (χ0v) is 12.0. The summed E-state index contributed by atoms with van der Waals surface area (Å²) in [6.45, 7) is 0. The van der Waals surface area contributed by atoms with Crippen LogP contribution in [0.15, 0.2) is 42.5 Å². The predicted octanol–water partition coefficient (Wildman–Crippen LogP) is 4.63. The Kier molecular flexibility index (Phi) is 3.75. The van der Waals surface area contributed by atoms with Gasteiger partial charge in [-0.3, -0.25) is 0 Å². The lowest BCUT2D eigenvalue weighted by molar-refractivity contribution is -0.137. The lowest BCUT2D eigenvalue weighted by Gasteiger charge is -2.13. The zero-order chi connectivity index (χ0) is 16.6. The van der Waals surface area contributed by atoms with Gasteiger partial charge in [-0.05, 0) is 47.2 Å². The quantitative estimate of drug-likeness (QED) is 0.847. The smallest absolute Gasteiger partial charge is 0.416 e. The monoisotopic (exact) mass is 321 g/mol. The largest absolute Gasteiger partial charge is 0.465 e. The molecule has 0 aliphatic heterocycles. The SMILES string of the molecule is O=C(O)NC1CCc2cc(-c3cccc(C(F)(F)F)c3)ccc21. The Morgan fingerprint density at radius 3 is 2.57 bits per heavy atom. The highest BCUT2D eigenvalue weighted by Crippen LogP contribution is 2.36. The standard InChI is InChI=1S/C17H14F3NO2/c18-17(19,20)13-3-1-2-10(9-13)11-4-6-14-12(8-11)5-7-15(14)21-16(22)23/h1-4,6,8-9,15,21H,5,7H2,(H,22,23). The molecule has 0 bridgehead atoms. The number of rotatable bonds is 2. The maximum atomic E-state index is 12.8. The number of alkyl halides is 3. The molecule has 1 aliphatic carbocycles. The minimum absolute atomic E-state index is 0.252. The molecule has 1 aliphatic rings. The van der Waals surface area contributed by atoms with Gasteiger partial charge in [-0.1, -0.05) is 30.3 Å². The van der Waals surface area contributed by atoms with E-state index in [0.717, 1.165) is 23.3 Å². The molecule has 2 N–H and O–H groups in total. The van der Waals surface area contributed by atoms with Crippen molar-refractivity contribution in [1.29, 1.82) is 0 Å². The normalized spacial score (nSPS) is 16.9. The van der Waals surface area contributed by atoms with Gasteiger partial charge in [0.25, 0.3) is 0 Å². The van der Waals surface area contributed by atoms with Crippen molar-refractivity contribution in [2.75, 3.05) is 0 Å². The van der Waals surface area contributed by atoms with E-state index in [0.29, 0.717) is 24.0 Å². The predicted molar refractivity (Wildman–Crippen MR) is 79.1 cm³/mol. The Morgan fingerprint density at radius 2 is 1.87 bits per heavy atom. The number of fused-ring (bicyclic) bond motifs is 1. The van der Waals surface area contributed by atoms with Gasteiger partial charge in [0.15, 0.2) is 0 Å². The van der Waals surface area contributed by atoms with Crippen LogP contribution < -0.4 is 5.32 Å². The van der Waals surface area contributed by atoms with Gasteiger partial charge in [0.2, 0.25) is 0 Å². The number of aryl methyl sites for hydroxylation is 1. The fraction of sp³-hybridized carbons (Fsp3) is 0.235. The second kappa shape index (κ2) is 5.61. The number of hydrogen-bond acceptors (Lipinski definition) is 1. The van der Waals surface area contributed by atoms with Crippen molar-refractivity contribution in [3.63, 3.8) is 0 Å². The fourth-order valence-electron chi connectivity index (χ4n) is 2.97. The Morgan fingerprint density at radius 1 is 1.13 bits per heavy atom. The third-order valence-corrected chi connectivity index (χ3v) is 4.04. The highest BCUT2D eigenvalue weighted by atomic mass is 19.4. The van der Waals surface area contributed by atoms with E-state index in [9.17, 15) is 18.0 Å². The summed E-state index contributed by atoms with van der Waals surface area (Å²) in [5, 5.41) is 11.3. The lowest BCUT2D eigenvalue weighted by Crippen LogP contribution is -2.24. The van der Waals surface area contributed by atoms with Crippen LogP contribution in [0.4, 0.5) is 18.0 Å². The maximum absolute atomic E-state index is 12.8. The summed E-state index contributed by atoms with van der Waals surface area (Å²) in [4.78, 5) is 10.8. The van der Waals surface area contributed by atoms with Gasteiger partial charge < -0.3 is 10.4 Å². The van der Waals surface area contributed by atoms with Crippen molar-refractivity contribution < 1.29 is 23.1 Å². The summed E-state index contributed by atoms with van der Waals surface area (Å²) < 4.78 is 38.4. The Bertz CT molecular complexity index is 756. The van der Waals surface area contributed by atoms with Crippen molar-refractivity contribution in [2.24, 2.45) is 0 Å². The molecule has 1 amide bonds. The molecule has 0 saturated carbocycles. The first-order chi connectivity index (χ1) is 10.8. The average molecular weight is 321 g/mol. The molecule has 0 saturated heterocycles. The number of carboxylic acid groups (broad SMARTS) is 1. The summed E-state index contributed by atoms with van der Waals surface area (Å²) in [5.74, 6) is 0. The van der Waals surface area contributed by atoms with Crippen LogP contribution in [0.25, 0.3) is 11.1 Å². The molecule has 23 heavy (non-hydrogen) atoms. The van der Waals surface area contributed by atoms with Crippen LogP contribution in [0.3, 0.4) is 0 Å². The Labute approximate surface area is 130 Å². The molecule has 0 aromatic heterocycles. The lowest BCUT2D eigenvalue weighted by atomic mass is 9.98. The molecule has 6 heteroatoms. The highest BCUT2D eigenvalue weighted by molar-refractivity contribution is 5.68. The van der Waals surface area contributed by atoms with E-state index in [1.165, 1.54) is 6.07 Å². The number of amides is 1. The van der Waals surface area contributed by atoms with Gasteiger partial charge in [-0.25, -0.2) is 4.79 Å². The van der Waals surface area contributed by atoms with Crippen molar-refractivity contribution in [2.45, 2.75) is 25.1 Å². The van der Waals surface area contributed by atoms with Crippen LogP contribution >= 0.6 is 0 Å². The van der Waals surface area contributed by atoms with E-state index in [1.54, 1.807) is 18.2 Å². The number of carbonyl (C=O) groups is 1. The third-order valence-electron chi connectivity index (χ3n) is 4.04. The maximum Gasteiger partial charge on any atom is 0.416 e. The van der Waals surface area contributed by atoms with Crippen molar-refractivity contribution in [1.82, 2.24) is 5.32 Å². The summed E-state index contributed by atoms with van der Waals surface area (Å²) >= 11 is 0. The molecule has 0 heterocycles. The van der Waals surface area contributed by atoms with E-state index < -0.39 is 17.8 Å². The second-order valence-corrected chi connectivity index (χ2v) is 5.53. The van der Waals surface area contributed by atoms with Crippen molar-refractivity contribution in [3.05, 3.63) is 59.2 Å². The molecule has 2 aromatic carbocycles. The molecular weight excluding hydrogens is 307 g/mol. The van der Waals surface area contributed by atoms with Gasteiger partial charge >= 0.3 is 12.3 Å².